The summed E-state index contributed by atoms with van der Waals surface area (Å²) in [5.74, 6) is 0.728. The van der Waals surface area contributed by atoms with Gasteiger partial charge in [0, 0.05) is 25.6 Å². The van der Waals surface area contributed by atoms with E-state index >= 15 is 0 Å². The lowest BCUT2D eigenvalue weighted by Crippen LogP contribution is -2.25. The highest BCUT2D eigenvalue weighted by atomic mass is 16.5. The van der Waals surface area contributed by atoms with Crippen LogP contribution in [0.25, 0.3) is 5.69 Å². The standard InChI is InChI=1S/C19H26N4O2/c20-18-14-15(22-23(18)16-7-2-1-3-8-16)6-4-12-21-19(24)11-10-17-9-5-13-25-17/h1-3,7-8,14,17H,4-6,9-13,20H2,(H,21,24)/t17-/m0/s1. The minimum atomic E-state index is 0.102. The third-order valence-electron chi connectivity index (χ3n) is 4.44. The number of hydrogen-bond acceptors (Lipinski definition) is 4. The predicted molar refractivity (Wildman–Crippen MR) is 97.5 cm³/mol. The molecule has 6 heteroatoms. The summed E-state index contributed by atoms with van der Waals surface area (Å²) in [6.07, 6.45) is 5.47. The molecule has 0 bridgehead atoms. The highest BCUT2D eigenvalue weighted by molar-refractivity contribution is 5.75. The molecule has 1 atom stereocenters. The molecule has 3 rings (SSSR count). The van der Waals surface area contributed by atoms with Crippen LogP contribution in [0.5, 0.6) is 0 Å². The van der Waals surface area contributed by atoms with Gasteiger partial charge in [-0.1, -0.05) is 18.2 Å². The number of nitrogens with zero attached hydrogens (tertiary/aromatic N) is 2. The molecule has 1 saturated heterocycles. The van der Waals surface area contributed by atoms with Crippen LogP contribution in [0.3, 0.4) is 0 Å². The SMILES string of the molecule is Nc1cc(CCCNC(=O)CC[C@@H]2CCCO2)nn1-c1ccccc1. The van der Waals surface area contributed by atoms with Crippen LogP contribution in [0.2, 0.25) is 0 Å². The zero-order valence-corrected chi connectivity index (χ0v) is 14.5. The van der Waals surface area contributed by atoms with E-state index in [9.17, 15) is 4.79 Å². The van der Waals surface area contributed by atoms with Gasteiger partial charge in [-0.15, -0.1) is 0 Å². The van der Waals surface area contributed by atoms with Gasteiger partial charge in [0.15, 0.2) is 0 Å². The van der Waals surface area contributed by atoms with E-state index in [1.807, 2.05) is 36.4 Å². The van der Waals surface area contributed by atoms with Gasteiger partial charge in [-0.25, -0.2) is 4.68 Å². The highest BCUT2D eigenvalue weighted by Gasteiger charge is 2.16. The lowest BCUT2D eigenvalue weighted by molar-refractivity contribution is -0.121. The molecule has 0 unspecified atom stereocenters. The summed E-state index contributed by atoms with van der Waals surface area (Å²) in [4.78, 5) is 11.8. The summed E-state index contributed by atoms with van der Waals surface area (Å²) in [6.45, 7) is 1.49. The molecule has 134 valence electrons. The number of hydrogen-bond donors (Lipinski definition) is 2. The van der Waals surface area contributed by atoms with Crippen molar-refractivity contribution in [1.29, 1.82) is 0 Å². The minimum absolute atomic E-state index is 0.102. The maximum Gasteiger partial charge on any atom is 0.220 e. The Morgan fingerprint density at radius 1 is 1.36 bits per heavy atom. The van der Waals surface area contributed by atoms with E-state index in [1.165, 1.54) is 0 Å². The maximum absolute atomic E-state index is 11.8. The molecule has 0 radical (unpaired) electrons. The van der Waals surface area contributed by atoms with Crippen LogP contribution in [-0.4, -0.2) is 34.9 Å². The molecule has 1 aliphatic heterocycles. The molecular weight excluding hydrogens is 316 g/mol. The van der Waals surface area contributed by atoms with Crippen molar-refractivity contribution in [3.63, 3.8) is 0 Å². The van der Waals surface area contributed by atoms with Gasteiger partial charge in [0.1, 0.15) is 5.82 Å². The van der Waals surface area contributed by atoms with E-state index < -0.39 is 0 Å². The number of nitrogens with one attached hydrogen (secondary N) is 1. The van der Waals surface area contributed by atoms with Crippen LogP contribution < -0.4 is 11.1 Å². The summed E-state index contributed by atoms with van der Waals surface area (Å²) in [6, 6.07) is 11.7. The van der Waals surface area contributed by atoms with Crippen LogP contribution in [0.1, 0.15) is 37.8 Å². The van der Waals surface area contributed by atoms with Gasteiger partial charge in [-0.05, 0) is 44.2 Å². The second-order valence-electron chi connectivity index (χ2n) is 6.44. The normalized spacial score (nSPS) is 16.9. The molecule has 0 spiro atoms. The quantitative estimate of drug-likeness (QED) is 0.722. The summed E-state index contributed by atoms with van der Waals surface area (Å²) >= 11 is 0. The van der Waals surface area contributed by atoms with Crippen molar-refractivity contribution in [2.75, 3.05) is 18.9 Å². The van der Waals surface area contributed by atoms with Crippen LogP contribution in [0, 0.1) is 0 Å². The van der Waals surface area contributed by atoms with Crippen LogP contribution in [0.15, 0.2) is 36.4 Å². The summed E-state index contributed by atoms with van der Waals surface area (Å²) in [5.41, 5.74) is 7.94. The van der Waals surface area contributed by atoms with Gasteiger partial charge in [0.05, 0.1) is 17.5 Å². The number of amides is 1. The number of rotatable bonds is 8. The number of aromatic nitrogens is 2. The molecule has 1 aromatic heterocycles. The van der Waals surface area contributed by atoms with Gasteiger partial charge >= 0.3 is 0 Å². The molecule has 6 nitrogen and oxygen atoms in total. The van der Waals surface area contributed by atoms with E-state index in [1.54, 1.807) is 4.68 Å². The molecule has 2 aromatic rings. The highest BCUT2D eigenvalue weighted by Crippen LogP contribution is 2.17. The van der Waals surface area contributed by atoms with Crippen molar-refractivity contribution in [1.82, 2.24) is 15.1 Å². The average Bonchev–Trinajstić information content (AvgIpc) is 3.27. The fraction of sp³-hybridized carbons (Fsp3) is 0.474. The molecule has 3 N–H and O–H groups in total. The van der Waals surface area contributed by atoms with Gasteiger partial charge < -0.3 is 15.8 Å². The van der Waals surface area contributed by atoms with E-state index in [0.717, 1.165) is 50.1 Å². The minimum Gasteiger partial charge on any atom is -0.384 e. The third kappa shape index (κ3) is 5.06. The van der Waals surface area contributed by atoms with Crippen molar-refractivity contribution in [3.8, 4) is 5.69 Å². The van der Waals surface area contributed by atoms with Crippen molar-refractivity contribution in [2.24, 2.45) is 0 Å². The summed E-state index contributed by atoms with van der Waals surface area (Å²) < 4.78 is 7.28. The molecule has 1 aliphatic rings. The van der Waals surface area contributed by atoms with Gasteiger partial charge in [-0.3, -0.25) is 4.79 Å². The molecule has 0 saturated carbocycles. The maximum atomic E-state index is 11.8. The molecule has 2 heterocycles. The van der Waals surface area contributed by atoms with Crippen LogP contribution >= 0.6 is 0 Å². The number of ether oxygens (including phenoxy) is 1. The fourth-order valence-corrected chi connectivity index (χ4v) is 3.09. The Balaban J connectivity index is 1.38. The Labute approximate surface area is 148 Å². The number of benzene rings is 1. The number of nitrogens with two attached hydrogens (primary N) is 1. The first kappa shape index (κ1) is 17.5. The smallest absolute Gasteiger partial charge is 0.220 e. The van der Waals surface area contributed by atoms with E-state index in [-0.39, 0.29) is 12.0 Å². The Kier molecular flexibility index (Phi) is 6.06. The molecule has 0 aliphatic carbocycles. The van der Waals surface area contributed by atoms with E-state index in [0.29, 0.717) is 18.8 Å². The Morgan fingerprint density at radius 2 is 2.20 bits per heavy atom. The van der Waals surface area contributed by atoms with Crippen molar-refractivity contribution in [2.45, 2.75) is 44.6 Å². The van der Waals surface area contributed by atoms with Gasteiger partial charge in [0.25, 0.3) is 0 Å². The number of carbonyl (C=O) groups is 1. The van der Waals surface area contributed by atoms with E-state index in [2.05, 4.69) is 10.4 Å². The zero-order chi connectivity index (χ0) is 17.5. The lowest BCUT2D eigenvalue weighted by Gasteiger charge is -2.09. The lowest BCUT2D eigenvalue weighted by atomic mass is 10.1. The Bertz CT molecular complexity index is 678. The van der Waals surface area contributed by atoms with Crippen molar-refractivity contribution >= 4 is 11.7 Å². The van der Waals surface area contributed by atoms with Crippen molar-refractivity contribution < 1.29 is 9.53 Å². The second-order valence-corrected chi connectivity index (χ2v) is 6.44. The topological polar surface area (TPSA) is 82.2 Å². The molecular formula is C19H26N4O2. The average molecular weight is 342 g/mol. The number of nitrogen functional groups attached to an aromatic ring is 1. The number of aryl methyl sites for hydroxylation is 1. The number of carbonyl (C=O) groups excluding carboxylic acids is 1. The van der Waals surface area contributed by atoms with Crippen LogP contribution in [-0.2, 0) is 16.0 Å². The monoisotopic (exact) mass is 342 g/mol. The van der Waals surface area contributed by atoms with Gasteiger partial charge in [0.2, 0.25) is 5.91 Å². The van der Waals surface area contributed by atoms with Crippen molar-refractivity contribution in [3.05, 3.63) is 42.1 Å². The summed E-state index contributed by atoms with van der Waals surface area (Å²) in [7, 11) is 0. The first-order valence-electron chi connectivity index (χ1n) is 9.00. The first-order chi connectivity index (χ1) is 12.2. The van der Waals surface area contributed by atoms with Crippen LogP contribution in [0.4, 0.5) is 5.82 Å². The molecule has 25 heavy (non-hydrogen) atoms. The fourth-order valence-electron chi connectivity index (χ4n) is 3.09. The van der Waals surface area contributed by atoms with Gasteiger partial charge in [-0.2, -0.15) is 5.10 Å². The molecule has 1 amide bonds. The molecule has 1 aromatic carbocycles. The third-order valence-corrected chi connectivity index (χ3v) is 4.44. The number of para-hydroxylation sites is 1. The largest absolute Gasteiger partial charge is 0.384 e. The second kappa shape index (κ2) is 8.67. The predicted octanol–water partition coefficient (Wildman–Crippen LogP) is 2.46. The Morgan fingerprint density at radius 3 is 2.96 bits per heavy atom. The zero-order valence-electron chi connectivity index (χ0n) is 14.5. The number of anilines is 1. The first-order valence-corrected chi connectivity index (χ1v) is 9.00. The summed E-state index contributed by atoms with van der Waals surface area (Å²) in [5, 5.41) is 7.52. The Hall–Kier alpha value is -2.34. The van der Waals surface area contributed by atoms with E-state index in [4.69, 9.17) is 10.5 Å². The molecule has 1 fully saturated rings.